The van der Waals surface area contributed by atoms with Crippen LogP contribution >= 0.6 is 0 Å². The topological polar surface area (TPSA) is 83.8 Å². The first-order valence-electron chi connectivity index (χ1n) is 16.7. The number of aliphatic hydroxyl groups excluding tert-OH is 1. The van der Waals surface area contributed by atoms with Gasteiger partial charge in [0.2, 0.25) is 0 Å². The van der Waals surface area contributed by atoms with E-state index < -0.39 is 30.7 Å². The molecule has 0 aliphatic carbocycles. The molecule has 3 fully saturated rings. The summed E-state index contributed by atoms with van der Waals surface area (Å²) in [6.45, 7) is 9.68. The van der Waals surface area contributed by atoms with Crippen molar-refractivity contribution in [3.05, 3.63) is 12.0 Å². The van der Waals surface area contributed by atoms with E-state index in [-0.39, 0.29) is 36.1 Å². The molecule has 43 heavy (non-hydrogen) atoms. The van der Waals surface area contributed by atoms with Crippen LogP contribution in [0.2, 0.25) is 13.3 Å². The van der Waals surface area contributed by atoms with E-state index in [1.807, 2.05) is 4.90 Å². The summed E-state index contributed by atoms with van der Waals surface area (Å²) in [5.41, 5.74) is -0.107. The number of fused-ring (bicyclic) bond motifs is 2. The number of halogens is 2. The van der Waals surface area contributed by atoms with Crippen molar-refractivity contribution >= 4 is 38.8 Å². The standard InChI is InChI=1S/C20H24F2N5O3.3C4H9.Sn/c21-13-6-20(2-1-3-27(20)9-13)12-30-19-24-17-15(7-23-8-16(17)22)18(25-19)26-4-5-29-11-14(28)10-26;3*1-3-4-2;/h7,13-14,28H,1-6,9-12H2;3*1,3-4H2,2H3;/t13-,14+,20+;;;;/m1..../s1. The number of ether oxygens (including phenoxy) is 2. The molecule has 0 aromatic carbocycles. The number of nitrogens with zero attached hydrogens (tertiary/aromatic N) is 5. The van der Waals surface area contributed by atoms with Gasteiger partial charge in [0.15, 0.2) is 0 Å². The monoisotopic (exact) mass is 711 g/mol. The summed E-state index contributed by atoms with van der Waals surface area (Å²) in [7, 11) is 0. The summed E-state index contributed by atoms with van der Waals surface area (Å²) in [5, 5.41) is 11.1. The SMILES string of the molecule is CCC[CH2][Sn]([CH2]CCC)([CH2]CCC)[c]1ncc2c(N3CCOC[C@@H](O)C3)nc(OC[C@@]34CCCN3C[C@H](F)C4)nc2c1F. The minimum atomic E-state index is -3.24. The van der Waals surface area contributed by atoms with E-state index in [2.05, 4.69) is 25.7 Å². The van der Waals surface area contributed by atoms with Crippen LogP contribution in [0.15, 0.2) is 6.20 Å². The van der Waals surface area contributed by atoms with Crippen LogP contribution in [-0.2, 0) is 4.74 Å². The molecule has 3 aliphatic heterocycles. The molecule has 0 spiro atoms. The van der Waals surface area contributed by atoms with Crippen LogP contribution < -0.4 is 13.3 Å². The first-order valence-corrected chi connectivity index (χ1v) is 24.2. The zero-order valence-corrected chi connectivity index (χ0v) is 29.3. The average Bonchev–Trinajstić information content (AvgIpc) is 3.44. The van der Waals surface area contributed by atoms with Crippen LogP contribution in [0.1, 0.15) is 78.6 Å². The number of anilines is 1. The number of rotatable bonds is 14. The Bertz CT molecular complexity index is 1200. The van der Waals surface area contributed by atoms with Crippen molar-refractivity contribution in [1.82, 2.24) is 19.9 Å². The van der Waals surface area contributed by atoms with Crippen LogP contribution in [0, 0.1) is 5.82 Å². The van der Waals surface area contributed by atoms with Crippen molar-refractivity contribution in [2.24, 2.45) is 0 Å². The van der Waals surface area contributed by atoms with Crippen molar-refractivity contribution in [1.29, 1.82) is 0 Å². The van der Waals surface area contributed by atoms with Gasteiger partial charge in [-0.05, 0) is 0 Å². The predicted molar refractivity (Wildman–Crippen MR) is 169 cm³/mol. The maximum atomic E-state index is 17.0. The number of pyridine rings is 1. The fraction of sp³-hybridized carbons (Fsp3) is 0.781. The van der Waals surface area contributed by atoms with Crippen molar-refractivity contribution < 1.29 is 23.4 Å². The van der Waals surface area contributed by atoms with Crippen molar-refractivity contribution in [3.63, 3.8) is 0 Å². The van der Waals surface area contributed by atoms with Crippen LogP contribution in [0.4, 0.5) is 14.6 Å². The van der Waals surface area contributed by atoms with Crippen molar-refractivity contribution in [2.75, 3.05) is 50.9 Å². The maximum absolute atomic E-state index is 17.0. The molecular formula is C32H51F2N5O3Sn. The average molecular weight is 710 g/mol. The Morgan fingerprint density at radius 1 is 1.07 bits per heavy atom. The number of alkyl halides is 1. The van der Waals surface area contributed by atoms with Crippen molar-refractivity contribution in [3.8, 4) is 6.01 Å². The Balaban J connectivity index is 1.59. The second-order valence-electron chi connectivity index (χ2n) is 13.1. The number of aliphatic hydroxyl groups is 1. The summed E-state index contributed by atoms with van der Waals surface area (Å²) >= 11 is -3.24. The van der Waals surface area contributed by atoms with Gasteiger partial charge in [0.05, 0.1) is 0 Å². The molecule has 2 aromatic heterocycles. The van der Waals surface area contributed by atoms with Gasteiger partial charge in [-0.25, -0.2) is 0 Å². The summed E-state index contributed by atoms with van der Waals surface area (Å²) in [6.07, 6.45) is 9.13. The molecule has 0 saturated carbocycles. The van der Waals surface area contributed by atoms with Gasteiger partial charge in [0.25, 0.3) is 0 Å². The predicted octanol–water partition coefficient (Wildman–Crippen LogP) is 5.37. The Morgan fingerprint density at radius 2 is 1.79 bits per heavy atom. The fourth-order valence-electron chi connectivity index (χ4n) is 7.61. The van der Waals surface area contributed by atoms with Gasteiger partial charge < -0.3 is 0 Å². The molecule has 0 radical (unpaired) electrons. The van der Waals surface area contributed by atoms with Crippen LogP contribution in [0.25, 0.3) is 10.9 Å². The second-order valence-corrected chi connectivity index (χ2v) is 26.1. The van der Waals surface area contributed by atoms with Gasteiger partial charge in [-0.1, -0.05) is 0 Å². The van der Waals surface area contributed by atoms with Crippen LogP contribution in [0.5, 0.6) is 6.01 Å². The van der Waals surface area contributed by atoms with E-state index in [1.165, 1.54) is 0 Å². The Labute approximate surface area is 259 Å². The quantitative estimate of drug-likeness (QED) is 0.262. The first-order chi connectivity index (χ1) is 20.8. The van der Waals surface area contributed by atoms with Gasteiger partial charge in [-0.2, -0.15) is 0 Å². The molecule has 3 atom stereocenters. The van der Waals surface area contributed by atoms with E-state index in [9.17, 15) is 9.50 Å². The minimum absolute atomic E-state index is 0.109. The molecule has 8 nitrogen and oxygen atoms in total. The van der Waals surface area contributed by atoms with E-state index >= 15 is 4.39 Å². The van der Waals surface area contributed by atoms with E-state index in [4.69, 9.17) is 24.4 Å². The van der Waals surface area contributed by atoms with E-state index in [1.54, 1.807) is 6.20 Å². The van der Waals surface area contributed by atoms with Gasteiger partial charge in [0, 0.05) is 0 Å². The molecule has 0 amide bonds. The first kappa shape index (κ1) is 33.0. The number of unbranched alkanes of at least 4 members (excludes halogenated alkanes) is 3. The number of hydrogen-bond acceptors (Lipinski definition) is 8. The van der Waals surface area contributed by atoms with Gasteiger partial charge in [0.1, 0.15) is 0 Å². The summed E-state index contributed by atoms with van der Waals surface area (Å²) < 4.78 is 47.4. The van der Waals surface area contributed by atoms with Crippen LogP contribution in [0.3, 0.4) is 0 Å². The second kappa shape index (κ2) is 14.8. The van der Waals surface area contributed by atoms with Crippen LogP contribution in [-0.4, -0.2) is 107 Å². The third-order valence-electron chi connectivity index (χ3n) is 9.95. The molecule has 5 rings (SSSR count). The number of hydrogen-bond donors (Lipinski definition) is 1. The molecule has 240 valence electrons. The zero-order chi connectivity index (χ0) is 30.5. The molecule has 11 heteroatoms. The Hall–Kier alpha value is -1.37. The molecule has 1 N–H and O–H groups in total. The number of aromatic nitrogens is 3. The molecule has 5 heterocycles. The van der Waals surface area contributed by atoms with E-state index in [0.29, 0.717) is 47.6 Å². The summed E-state index contributed by atoms with van der Waals surface area (Å²) in [5.74, 6) is 0.205. The van der Waals surface area contributed by atoms with E-state index in [0.717, 1.165) is 71.2 Å². The Morgan fingerprint density at radius 3 is 2.49 bits per heavy atom. The van der Waals surface area contributed by atoms with Crippen molar-refractivity contribution in [2.45, 2.75) is 110 Å². The van der Waals surface area contributed by atoms with Gasteiger partial charge in [-0.3, -0.25) is 0 Å². The third kappa shape index (κ3) is 7.22. The van der Waals surface area contributed by atoms with Gasteiger partial charge in [-0.15, -0.1) is 0 Å². The summed E-state index contributed by atoms with van der Waals surface area (Å²) in [6, 6.07) is 0.109. The molecule has 3 saturated heterocycles. The molecule has 0 unspecified atom stereocenters. The molecular weight excluding hydrogens is 659 g/mol. The third-order valence-corrected chi connectivity index (χ3v) is 25.0. The fourth-order valence-corrected chi connectivity index (χ4v) is 23.2. The normalized spacial score (nSPS) is 24.9. The molecule has 0 bridgehead atoms. The summed E-state index contributed by atoms with van der Waals surface area (Å²) in [4.78, 5) is 18.6. The van der Waals surface area contributed by atoms with Gasteiger partial charge >= 0.3 is 261 Å². The zero-order valence-electron chi connectivity index (χ0n) is 26.4. The molecule has 3 aliphatic rings. The molecule has 2 aromatic rings. The number of β-amino-alcohol motifs (C(OH)–C–C–N with tert-alkyl or cyclic N) is 1. The Kier molecular flexibility index (Phi) is 11.4.